The third kappa shape index (κ3) is 2.28. The van der Waals surface area contributed by atoms with E-state index in [1.807, 2.05) is 4.90 Å². The number of nitrogens with two attached hydrogens (primary N) is 1. The van der Waals surface area contributed by atoms with Gasteiger partial charge in [-0.2, -0.15) is 0 Å². The zero-order valence-corrected chi connectivity index (χ0v) is 11.0. The fourth-order valence-electron chi connectivity index (χ4n) is 2.35. The predicted molar refractivity (Wildman–Crippen MR) is 72.1 cm³/mol. The highest BCUT2D eigenvalue weighted by Crippen LogP contribution is 2.40. The molecule has 0 spiro atoms. The van der Waals surface area contributed by atoms with Gasteiger partial charge in [-0.3, -0.25) is 10.1 Å². The van der Waals surface area contributed by atoms with Gasteiger partial charge in [0.05, 0.1) is 9.95 Å². The Kier molecular flexibility index (Phi) is 3.45. The van der Waals surface area contributed by atoms with Crippen LogP contribution in [0.15, 0.2) is 18.2 Å². The normalized spacial score (nSPS) is 23.4. The number of nitro groups is 1. The molecule has 1 heterocycles. The molecule has 98 valence electrons. The molecule has 2 rings (SSSR count). The summed E-state index contributed by atoms with van der Waals surface area (Å²) in [5.41, 5.74) is 6.33. The predicted octanol–water partition coefficient (Wildman–Crippen LogP) is 2.42. The first-order valence-corrected chi connectivity index (χ1v) is 6.22. The maximum absolute atomic E-state index is 11.1. The Labute approximate surface area is 111 Å². The van der Waals surface area contributed by atoms with E-state index in [2.05, 4.69) is 6.92 Å². The molecule has 1 fully saturated rings. The molecule has 1 unspecified atom stereocenters. The van der Waals surface area contributed by atoms with Crippen molar-refractivity contribution in [3.8, 4) is 0 Å². The zero-order chi connectivity index (χ0) is 13.3. The van der Waals surface area contributed by atoms with Crippen LogP contribution in [0.1, 0.15) is 13.3 Å². The fourth-order valence-corrected chi connectivity index (χ4v) is 2.63. The van der Waals surface area contributed by atoms with Crippen LogP contribution in [-0.2, 0) is 0 Å². The number of hydrogen-bond donors (Lipinski definition) is 1. The first-order chi connectivity index (χ1) is 8.47. The van der Waals surface area contributed by atoms with Crippen LogP contribution in [0.25, 0.3) is 0 Å². The fraction of sp³-hybridized carbons (Fsp3) is 0.500. The molecule has 1 aromatic rings. The number of benzene rings is 1. The Hall–Kier alpha value is -1.33. The molecule has 0 saturated carbocycles. The Morgan fingerprint density at radius 1 is 1.61 bits per heavy atom. The van der Waals surface area contributed by atoms with Gasteiger partial charge in [0.1, 0.15) is 5.69 Å². The standard InChI is InChI=1S/C12H16ClN3O2/c1-12(7-14)5-6-15(8-12)11-9(13)3-2-4-10(11)16(17)18/h2-4H,5-8,14H2,1H3. The van der Waals surface area contributed by atoms with E-state index >= 15 is 0 Å². The number of anilines is 1. The van der Waals surface area contributed by atoms with Crippen LogP contribution in [0, 0.1) is 15.5 Å². The SMILES string of the molecule is CC1(CN)CCN(c2c(Cl)cccc2[N+](=O)[O-])C1. The van der Waals surface area contributed by atoms with Crippen molar-refractivity contribution in [2.45, 2.75) is 13.3 Å². The van der Waals surface area contributed by atoms with Crippen LogP contribution in [0.5, 0.6) is 0 Å². The summed E-state index contributed by atoms with van der Waals surface area (Å²) < 4.78 is 0. The average Bonchev–Trinajstić information content (AvgIpc) is 2.72. The van der Waals surface area contributed by atoms with Crippen LogP contribution in [0.4, 0.5) is 11.4 Å². The van der Waals surface area contributed by atoms with E-state index < -0.39 is 0 Å². The lowest BCUT2D eigenvalue weighted by Gasteiger charge is -2.24. The summed E-state index contributed by atoms with van der Waals surface area (Å²) in [6.07, 6.45) is 0.922. The minimum absolute atomic E-state index is 0.00698. The van der Waals surface area contributed by atoms with Gasteiger partial charge in [-0.25, -0.2) is 0 Å². The molecule has 0 amide bonds. The molecule has 0 aliphatic carbocycles. The third-order valence-electron chi connectivity index (χ3n) is 3.53. The van der Waals surface area contributed by atoms with E-state index in [0.29, 0.717) is 23.8 Å². The van der Waals surface area contributed by atoms with Crippen molar-refractivity contribution in [1.82, 2.24) is 0 Å². The summed E-state index contributed by atoms with van der Waals surface area (Å²) in [6.45, 7) is 4.11. The molecule has 18 heavy (non-hydrogen) atoms. The van der Waals surface area contributed by atoms with Crippen molar-refractivity contribution in [1.29, 1.82) is 0 Å². The van der Waals surface area contributed by atoms with Crippen LogP contribution < -0.4 is 10.6 Å². The number of rotatable bonds is 3. The van der Waals surface area contributed by atoms with Crippen molar-refractivity contribution < 1.29 is 4.92 Å². The zero-order valence-electron chi connectivity index (χ0n) is 10.2. The molecule has 0 radical (unpaired) electrons. The maximum Gasteiger partial charge on any atom is 0.294 e. The summed E-state index contributed by atoms with van der Waals surface area (Å²) in [5.74, 6) is 0. The van der Waals surface area contributed by atoms with E-state index in [4.69, 9.17) is 17.3 Å². The van der Waals surface area contributed by atoms with Gasteiger partial charge in [-0.15, -0.1) is 0 Å². The van der Waals surface area contributed by atoms with Gasteiger partial charge in [0.2, 0.25) is 0 Å². The van der Waals surface area contributed by atoms with E-state index in [1.165, 1.54) is 6.07 Å². The van der Waals surface area contributed by atoms with Crippen molar-refractivity contribution in [2.24, 2.45) is 11.1 Å². The minimum atomic E-state index is -0.390. The van der Waals surface area contributed by atoms with Gasteiger partial charge < -0.3 is 10.6 Å². The monoisotopic (exact) mass is 269 g/mol. The van der Waals surface area contributed by atoms with Gasteiger partial charge in [0, 0.05) is 19.2 Å². The lowest BCUT2D eigenvalue weighted by molar-refractivity contribution is -0.384. The molecule has 1 saturated heterocycles. The summed E-state index contributed by atoms with van der Waals surface area (Å²) >= 11 is 6.11. The molecule has 0 aromatic heterocycles. The van der Waals surface area contributed by atoms with Gasteiger partial charge >= 0.3 is 0 Å². The number of halogens is 1. The lowest BCUT2D eigenvalue weighted by atomic mass is 9.90. The smallest absolute Gasteiger partial charge is 0.294 e. The number of nitro benzene ring substituents is 1. The Bertz CT molecular complexity index is 480. The summed E-state index contributed by atoms with van der Waals surface area (Å²) in [4.78, 5) is 12.6. The highest BCUT2D eigenvalue weighted by atomic mass is 35.5. The minimum Gasteiger partial charge on any atom is -0.364 e. The van der Waals surface area contributed by atoms with E-state index in [9.17, 15) is 10.1 Å². The van der Waals surface area contributed by atoms with Crippen molar-refractivity contribution in [2.75, 3.05) is 24.5 Å². The summed E-state index contributed by atoms with van der Waals surface area (Å²) in [6, 6.07) is 4.77. The first-order valence-electron chi connectivity index (χ1n) is 5.85. The molecule has 6 heteroatoms. The molecule has 1 aliphatic heterocycles. The third-order valence-corrected chi connectivity index (χ3v) is 3.83. The molecule has 0 bridgehead atoms. The number of hydrogen-bond acceptors (Lipinski definition) is 4. The van der Waals surface area contributed by atoms with Gasteiger partial charge in [-0.05, 0) is 24.4 Å². The van der Waals surface area contributed by atoms with Gasteiger partial charge in [-0.1, -0.05) is 24.6 Å². The quantitative estimate of drug-likeness (QED) is 0.676. The molecule has 1 aromatic carbocycles. The number of para-hydroxylation sites is 1. The molecule has 5 nitrogen and oxygen atoms in total. The van der Waals surface area contributed by atoms with Gasteiger partial charge in [0.25, 0.3) is 5.69 Å². The largest absolute Gasteiger partial charge is 0.364 e. The Morgan fingerprint density at radius 2 is 2.33 bits per heavy atom. The van der Waals surface area contributed by atoms with Crippen molar-refractivity contribution in [3.63, 3.8) is 0 Å². The first kappa shape index (κ1) is 13.1. The van der Waals surface area contributed by atoms with Crippen LogP contribution in [0.3, 0.4) is 0 Å². The summed E-state index contributed by atoms with van der Waals surface area (Å²) in [7, 11) is 0. The molecular weight excluding hydrogens is 254 g/mol. The van der Waals surface area contributed by atoms with Crippen LogP contribution >= 0.6 is 11.6 Å². The average molecular weight is 270 g/mol. The summed E-state index contributed by atoms with van der Waals surface area (Å²) in [5, 5.41) is 11.5. The van der Waals surface area contributed by atoms with Gasteiger partial charge in [0.15, 0.2) is 0 Å². The van der Waals surface area contributed by atoms with Crippen molar-refractivity contribution >= 4 is 23.0 Å². The topological polar surface area (TPSA) is 72.4 Å². The molecular formula is C12H16ClN3O2. The highest BCUT2D eigenvalue weighted by molar-refractivity contribution is 6.33. The van der Waals surface area contributed by atoms with E-state index in [0.717, 1.165) is 13.0 Å². The second kappa shape index (κ2) is 4.74. The van der Waals surface area contributed by atoms with Crippen molar-refractivity contribution in [3.05, 3.63) is 33.3 Å². The second-order valence-corrected chi connectivity index (χ2v) is 5.46. The second-order valence-electron chi connectivity index (χ2n) is 5.05. The highest BCUT2D eigenvalue weighted by Gasteiger charge is 2.36. The number of nitrogens with zero attached hydrogens (tertiary/aromatic N) is 2. The van der Waals surface area contributed by atoms with E-state index in [1.54, 1.807) is 12.1 Å². The molecule has 2 N–H and O–H groups in total. The Balaban J connectivity index is 2.37. The maximum atomic E-state index is 11.1. The molecule has 1 aliphatic rings. The van der Waals surface area contributed by atoms with Crippen LogP contribution in [0.2, 0.25) is 5.02 Å². The Morgan fingerprint density at radius 3 is 2.89 bits per heavy atom. The van der Waals surface area contributed by atoms with E-state index in [-0.39, 0.29) is 16.0 Å². The molecule has 1 atom stereocenters. The lowest BCUT2D eigenvalue weighted by Crippen LogP contribution is -2.31. The van der Waals surface area contributed by atoms with Crippen LogP contribution in [-0.4, -0.2) is 24.6 Å².